The van der Waals surface area contributed by atoms with Gasteiger partial charge in [-0.15, -0.1) is 0 Å². The molecule has 0 radical (unpaired) electrons. The number of amides is 1. The predicted octanol–water partition coefficient (Wildman–Crippen LogP) is 5.20. The third kappa shape index (κ3) is 5.57. The van der Waals surface area contributed by atoms with E-state index in [0.717, 1.165) is 61.8 Å². The smallest absolute Gasteiger partial charge is 0.371 e. The van der Waals surface area contributed by atoms with Crippen molar-refractivity contribution in [1.29, 1.82) is 0 Å². The Kier molecular flexibility index (Phi) is 7.05. The minimum Gasteiger partial charge on any atom is -0.371 e. The van der Waals surface area contributed by atoms with Crippen LogP contribution in [0.4, 0.5) is 18.9 Å². The van der Waals surface area contributed by atoms with E-state index in [1.807, 2.05) is 23.1 Å². The second kappa shape index (κ2) is 10.4. The molecule has 2 aromatic carbocycles. The molecule has 2 saturated heterocycles. The lowest BCUT2D eigenvalue weighted by Gasteiger charge is -2.40. The molecular formula is C30H31F3N4O3S. The summed E-state index contributed by atoms with van der Waals surface area (Å²) in [7, 11) is -4.21. The van der Waals surface area contributed by atoms with E-state index in [9.17, 15) is 26.4 Å². The molecular weight excluding hydrogens is 553 g/mol. The highest BCUT2D eigenvalue weighted by molar-refractivity contribution is 7.89. The van der Waals surface area contributed by atoms with Crippen LogP contribution in [0.3, 0.4) is 0 Å². The summed E-state index contributed by atoms with van der Waals surface area (Å²) >= 11 is 0. The summed E-state index contributed by atoms with van der Waals surface area (Å²) in [5, 5.41) is 0. The van der Waals surface area contributed by atoms with E-state index in [1.165, 1.54) is 0 Å². The Bertz CT molecular complexity index is 1550. The van der Waals surface area contributed by atoms with E-state index in [1.54, 1.807) is 24.5 Å². The first-order valence-corrected chi connectivity index (χ1v) is 15.3. The number of hydrogen-bond donors (Lipinski definition) is 1. The Morgan fingerprint density at radius 3 is 2.44 bits per heavy atom. The minimum atomic E-state index is -4.65. The number of fused-ring (bicyclic) bond motifs is 1. The number of sulfonamides is 1. The summed E-state index contributed by atoms with van der Waals surface area (Å²) in [6.45, 7) is 3.23. The Labute approximate surface area is 237 Å². The van der Waals surface area contributed by atoms with Gasteiger partial charge in [0.2, 0.25) is 10.0 Å². The zero-order valence-corrected chi connectivity index (χ0v) is 23.2. The number of benzene rings is 2. The molecule has 3 aromatic rings. The number of nitrogens with zero attached hydrogens (tertiary/aromatic N) is 3. The zero-order valence-electron chi connectivity index (χ0n) is 22.4. The van der Waals surface area contributed by atoms with Crippen LogP contribution < -0.4 is 9.62 Å². The van der Waals surface area contributed by atoms with Gasteiger partial charge in [-0.05, 0) is 91.1 Å². The summed E-state index contributed by atoms with van der Waals surface area (Å²) in [5.41, 5.74) is 2.37. The number of piperidine rings is 1. The molecule has 1 N–H and O–H groups in total. The first-order valence-electron chi connectivity index (χ1n) is 13.8. The van der Waals surface area contributed by atoms with Crippen LogP contribution in [0.5, 0.6) is 0 Å². The lowest BCUT2D eigenvalue weighted by molar-refractivity contribution is -0.137. The average Bonchev–Trinajstić information content (AvgIpc) is 3.57. The lowest BCUT2D eigenvalue weighted by atomic mass is 9.77. The van der Waals surface area contributed by atoms with Gasteiger partial charge < -0.3 is 9.80 Å². The number of alkyl halides is 3. The molecule has 1 aromatic heterocycles. The molecule has 7 nitrogen and oxygen atoms in total. The fraction of sp³-hybridized carbons (Fsp3) is 0.400. The number of aromatic nitrogens is 1. The van der Waals surface area contributed by atoms with Gasteiger partial charge in [-0.25, -0.2) is 13.1 Å². The van der Waals surface area contributed by atoms with Gasteiger partial charge in [0.05, 0.1) is 10.5 Å². The van der Waals surface area contributed by atoms with E-state index in [0.29, 0.717) is 43.1 Å². The second-order valence-corrected chi connectivity index (χ2v) is 13.0. The largest absolute Gasteiger partial charge is 0.416 e. The van der Waals surface area contributed by atoms with Gasteiger partial charge in [-0.1, -0.05) is 12.1 Å². The number of pyridine rings is 1. The molecule has 3 aliphatic rings. The highest BCUT2D eigenvalue weighted by Crippen LogP contribution is 2.42. The Morgan fingerprint density at radius 1 is 0.976 bits per heavy atom. The van der Waals surface area contributed by atoms with Crippen molar-refractivity contribution < 1.29 is 26.4 Å². The third-order valence-electron chi connectivity index (χ3n) is 8.82. The number of aryl methyl sites for hydroxylation is 1. The molecule has 1 unspecified atom stereocenters. The highest BCUT2D eigenvalue weighted by atomic mass is 32.2. The summed E-state index contributed by atoms with van der Waals surface area (Å²) in [5.74, 6) is -0.0763. The Morgan fingerprint density at radius 2 is 1.71 bits per heavy atom. The van der Waals surface area contributed by atoms with Gasteiger partial charge in [0, 0.05) is 55.9 Å². The van der Waals surface area contributed by atoms with Crippen LogP contribution in [0.1, 0.15) is 58.8 Å². The highest BCUT2D eigenvalue weighted by Gasteiger charge is 2.42. The maximum absolute atomic E-state index is 13.6. The van der Waals surface area contributed by atoms with Crippen LogP contribution >= 0.6 is 0 Å². The fourth-order valence-corrected chi connectivity index (χ4v) is 7.74. The number of rotatable bonds is 5. The number of nitrogens with one attached hydrogen (secondary N) is 1. The first kappa shape index (κ1) is 27.7. The van der Waals surface area contributed by atoms with Crippen molar-refractivity contribution in [2.45, 2.75) is 49.2 Å². The maximum atomic E-state index is 13.6. The number of anilines is 1. The quantitative estimate of drug-likeness (QED) is 0.446. The van der Waals surface area contributed by atoms with Crippen molar-refractivity contribution in [3.8, 4) is 0 Å². The molecule has 216 valence electrons. The predicted molar refractivity (Wildman–Crippen MR) is 148 cm³/mol. The van der Waals surface area contributed by atoms with E-state index >= 15 is 0 Å². The van der Waals surface area contributed by atoms with Crippen molar-refractivity contribution >= 4 is 21.6 Å². The minimum absolute atomic E-state index is 0.0763. The van der Waals surface area contributed by atoms with Gasteiger partial charge in [0.1, 0.15) is 0 Å². The van der Waals surface area contributed by atoms with Gasteiger partial charge in [0.25, 0.3) is 5.91 Å². The third-order valence-corrected chi connectivity index (χ3v) is 10.3. The lowest BCUT2D eigenvalue weighted by Crippen LogP contribution is -2.42. The zero-order chi connectivity index (χ0) is 28.8. The van der Waals surface area contributed by atoms with E-state index in [4.69, 9.17) is 0 Å². The van der Waals surface area contributed by atoms with Crippen LogP contribution in [0.15, 0.2) is 71.9 Å². The van der Waals surface area contributed by atoms with Gasteiger partial charge in [-0.2, -0.15) is 13.2 Å². The van der Waals surface area contributed by atoms with E-state index in [2.05, 4.69) is 14.6 Å². The number of halogens is 3. The van der Waals surface area contributed by atoms with Crippen LogP contribution in [-0.2, 0) is 22.6 Å². The molecule has 1 amide bonds. The van der Waals surface area contributed by atoms with Gasteiger partial charge >= 0.3 is 6.18 Å². The molecule has 2 fully saturated rings. The molecule has 2 aliphatic heterocycles. The number of likely N-dealkylation sites (tertiary alicyclic amines) is 1. The van der Waals surface area contributed by atoms with Crippen molar-refractivity contribution in [2.24, 2.45) is 5.41 Å². The van der Waals surface area contributed by atoms with Gasteiger partial charge in [-0.3, -0.25) is 9.78 Å². The summed E-state index contributed by atoms with van der Waals surface area (Å²) < 4.78 is 68.1. The molecule has 41 heavy (non-hydrogen) atoms. The molecule has 1 aliphatic carbocycles. The summed E-state index contributed by atoms with van der Waals surface area (Å²) in [4.78, 5) is 21.5. The summed E-state index contributed by atoms with van der Waals surface area (Å²) in [6, 6.07) is 12.5. The molecule has 1 spiro atoms. The Balaban J connectivity index is 1.14. The van der Waals surface area contributed by atoms with Crippen molar-refractivity contribution in [1.82, 2.24) is 14.6 Å². The van der Waals surface area contributed by atoms with Crippen LogP contribution in [0, 0.1) is 5.41 Å². The monoisotopic (exact) mass is 584 g/mol. The van der Waals surface area contributed by atoms with Crippen molar-refractivity contribution in [3.05, 3.63) is 89.2 Å². The van der Waals surface area contributed by atoms with E-state index in [-0.39, 0.29) is 11.3 Å². The molecule has 11 heteroatoms. The maximum Gasteiger partial charge on any atom is 0.416 e. The second-order valence-electron chi connectivity index (χ2n) is 11.3. The average molecular weight is 585 g/mol. The molecule has 0 saturated carbocycles. The first-order chi connectivity index (χ1) is 19.5. The van der Waals surface area contributed by atoms with E-state index < -0.39 is 32.7 Å². The number of carbonyl (C=O) groups excluding carboxylic acids is 1. The molecule has 6 rings (SSSR count). The standard InChI is InChI=1S/C30H31F3N4O3S/c31-30(32,33)23-2-1-3-25(19-23)41(39,40)35-27-7-6-21-4-5-22(18-26(21)27)28(38)37-17-12-29(20-37)10-15-36(16-11-29)24-8-13-34-14-9-24/h1-5,8-9,13-14,18-19,27,35H,6-7,10-12,15-17,20H2. The summed E-state index contributed by atoms with van der Waals surface area (Å²) in [6.07, 6.45) is 2.98. The van der Waals surface area contributed by atoms with Crippen molar-refractivity contribution in [3.63, 3.8) is 0 Å². The molecule has 0 bridgehead atoms. The molecule has 3 heterocycles. The fourth-order valence-electron chi connectivity index (χ4n) is 6.45. The van der Waals surface area contributed by atoms with Crippen LogP contribution in [-0.4, -0.2) is 50.4 Å². The Hall–Kier alpha value is -3.44. The normalized spacial score (nSPS) is 20.4. The molecule has 1 atom stereocenters. The SMILES string of the molecule is O=C(c1ccc2c(c1)C(NS(=O)(=O)c1cccc(C(F)(F)F)c1)CC2)N1CCC2(CCN(c3ccncc3)CC2)C1. The van der Waals surface area contributed by atoms with Crippen LogP contribution in [0.25, 0.3) is 0 Å². The van der Waals surface area contributed by atoms with Crippen LogP contribution in [0.2, 0.25) is 0 Å². The van der Waals surface area contributed by atoms with Crippen molar-refractivity contribution in [2.75, 3.05) is 31.1 Å². The number of hydrogen-bond acceptors (Lipinski definition) is 5. The number of carbonyl (C=O) groups is 1. The van der Waals surface area contributed by atoms with Gasteiger partial charge in [0.15, 0.2) is 0 Å². The topological polar surface area (TPSA) is 82.6 Å².